The zero-order chi connectivity index (χ0) is 18.3. The molecular formula is C19H31NO4. The van der Waals surface area contributed by atoms with Crippen molar-refractivity contribution >= 4 is 6.09 Å². The van der Waals surface area contributed by atoms with Crippen molar-refractivity contribution in [2.75, 3.05) is 13.2 Å². The summed E-state index contributed by atoms with van der Waals surface area (Å²) in [6.45, 7) is 9.65. The molecule has 0 saturated carbocycles. The first-order valence-corrected chi connectivity index (χ1v) is 8.72. The maximum atomic E-state index is 12.4. The molecule has 2 rings (SSSR count). The molecule has 2 N–H and O–H groups in total. The maximum absolute atomic E-state index is 12.4. The van der Waals surface area contributed by atoms with Crippen LogP contribution in [0.25, 0.3) is 0 Å². The molecule has 1 aliphatic rings. The number of fused-ring (bicyclic) bond motifs is 1. The summed E-state index contributed by atoms with van der Waals surface area (Å²) < 4.78 is 5.44. The van der Waals surface area contributed by atoms with E-state index in [1.54, 1.807) is 11.0 Å². The minimum absolute atomic E-state index is 0.0173. The summed E-state index contributed by atoms with van der Waals surface area (Å²) in [5.74, 6) is 0.321. The van der Waals surface area contributed by atoms with Crippen molar-refractivity contribution in [2.24, 2.45) is 0 Å². The highest BCUT2D eigenvalue weighted by atomic mass is 16.6. The van der Waals surface area contributed by atoms with Crippen molar-refractivity contribution in [3.8, 4) is 5.75 Å². The molecule has 5 nitrogen and oxygen atoms in total. The Hall–Kier alpha value is -1.75. The number of carbonyl (C=O) groups is 1. The van der Waals surface area contributed by atoms with Gasteiger partial charge >= 0.3 is 6.09 Å². The Morgan fingerprint density at radius 3 is 2.58 bits per heavy atom. The van der Waals surface area contributed by atoms with Crippen LogP contribution in [0.1, 0.15) is 52.2 Å². The van der Waals surface area contributed by atoms with Crippen LogP contribution < -0.4 is 0 Å². The molecule has 1 aliphatic carbocycles. The van der Waals surface area contributed by atoms with Gasteiger partial charge in [0.05, 0.1) is 6.61 Å². The number of nitrogens with zero attached hydrogens (tertiary/aromatic N) is 1. The normalized spacial score (nSPS) is 16.5. The van der Waals surface area contributed by atoms with Gasteiger partial charge in [-0.1, -0.05) is 26.0 Å². The number of rotatable bonds is 3. The Bertz CT molecular complexity index is 537. The van der Waals surface area contributed by atoms with Crippen molar-refractivity contribution in [3.63, 3.8) is 0 Å². The van der Waals surface area contributed by atoms with E-state index in [1.165, 1.54) is 0 Å². The molecular weight excluding hydrogens is 306 g/mol. The van der Waals surface area contributed by atoms with Crippen molar-refractivity contribution in [3.05, 3.63) is 29.3 Å². The van der Waals surface area contributed by atoms with E-state index >= 15 is 0 Å². The molecule has 0 aromatic heterocycles. The lowest BCUT2D eigenvalue weighted by Gasteiger charge is -2.36. The number of amides is 1. The van der Waals surface area contributed by atoms with E-state index in [2.05, 4.69) is 0 Å². The first kappa shape index (κ1) is 20.3. The van der Waals surface area contributed by atoms with E-state index in [9.17, 15) is 15.0 Å². The summed E-state index contributed by atoms with van der Waals surface area (Å²) in [4.78, 5) is 14.0. The van der Waals surface area contributed by atoms with E-state index in [0.29, 0.717) is 12.2 Å². The molecule has 1 aromatic carbocycles. The summed E-state index contributed by atoms with van der Waals surface area (Å²) in [5.41, 5.74) is 1.46. The van der Waals surface area contributed by atoms with Gasteiger partial charge in [-0.15, -0.1) is 0 Å². The van der Waals surface area contributed by atoms with Gasteiger partial charge < -0.3 is 19.8 Å². The molecule has 0 spiro atoms. The first-order chi connectivity index (χ1) is 11.3. The Morgan fingerprint density at radius 1 is 1.33 bits per heavy atom. The molecule has 0 fully saturated rings. The van der Waals surface area contributed by atoms with Crippen LogP contribution in [0.5, 0.6) is 5.75 Å². The third kappa shape index (κ3) is 5.41. The fourth-order valence-corrected chi connectivity index (χ4v) is 2.89. The van der Waals surface area contributed by atoms with Crippen LogP contribution in [0.4, 0.5) is 4.79 Å². The van der Waals surface area contributed by atoms with Crippen LogP contribution in [-0.2, 0) is 17.6 Å². The molecule has 0 aliphatic heterocycles. The van der Waals surface area contributed by atoms with Crippen molar-refractivity contribution in [1.82, 2.24) is 4.90 Å². The third-order valence-electron chi connectivity index (χ3n) is 3.84. The second-order valence-corrected chi connectivity index (χ2v) is 6.71. The van der Waals surface area contributed by atoms with Gasteiger partial charge in [-0.05, 0) is 57.2 Å². The van der Waals surface area contributed by atoms with Gasteiger partial charge in [-0.2, -0.15) is 0 Å². The van der Waals surface area contributed by atoms with Crippen LogP contribution in [0, 0.1) is 0 Å². The zero-order valence-corrected chi connectivity index (χ0v) is 15.5. The largest absolute Gasteiger partial charge is 0.508 e. The summed E-state index contributed by atoms with van der Waals surface area (Å²) in [6, 6.07) is 5.48. The van der Waals surface area contributed by atoms with E-state index in [-0.39, 0.29) is 19.2 Å². The van der Waals surface area contributed by atoms with E-state index in [1.807, 2.05) is 46.8 Å². The van der Waals surface area contributed by atoms with Gasteiger partial charge in [-0.3, -0.25) is 0 Å². The first-order valence-electron chi connectivity index (χ1n) is 8.72. The lowest BCUT2D eigenvalue weighted by atomic mass is 9.87. The van der Waals surface area contributed by atoms with Gasteiger partial charge in [0.1, 0.15) is 11.4 Å². The molecule has 1 amide bonds. The van der Waals surface area contributed by atoms with Crippen molar-refractivity contribution in [2.45, 2.75) is 65.5 Å². The van der Waals surface area contributed by atoms with Crippen LogP contribution in [0.15, 0.2) is 18.2 Å². The summed E-state index contributed by atoms with van der Waals surface area (Å²) in [5, 5.41) is 19.2. The molecule has 5 heteroatoms. The van der Waals surface area contributed by atoms with Crippen LogP contribution in [0.3, 0.4) is 0 Å². The molecule has 1 unspecified atom stereocenters. The number of ether oxygens (including phenoxy) is 1. The van der Waals surface area contributed by atoms with Crippen molar-refractivity contribution < 1.29 is 19.7 Å². The number of hydrogen-bond donors (Lipinski definition) is 2. The number of aromatic hydroxyl groups is 1. The maximum Gasteiger partial charge on any atom is 0.410 e. The Kier molecular flexibility index (Phi) is 7.55. The van der Waals surface area contributed by atoms with E-state index < -0.39 is 11.7 Å². The summed E-state index contributed by atoms with van der Waals surface area (Å²) >= 11 is 0. The lowest BCUT2D eigenvalue weighted by Crippen LogP contribution is -2.47. The zero-order valence-electron chi connectivity index (χ0n) is 15.5. The van der Waals surface area contributed by atoms with Gasteiger partial charge in [-0.25, -0.2) is 4.79 Å². The monoisotopic (exact) mass is 337 g/mol. The topological polar surface area (TPSA) is 70.0 Å². The molecule has 1 aromatic rings. The fourth-order valence-electron chi connectivity index (χ4n) is 2.89. The van der Waals surface area contributed by atoms with Crippen LogP contribution in [-0.4, -0.2) is 46.0 Å². The second kappa shape index (κ2) is 8.92. The second-order valence-electron chi connectivity index (χ2n) is 6.71. The number of aliphatic hydroxyl groups excluding tert-OH is 1. The number of aliphatic hydroxyl groups is 1. The van der Waals surface area contributed by atoms with Gasteiger partial charge in [0.15, 0.2) is 0 Å². The Labute approximate surface area is 145 Å². The number of carbonyl (C=O) groups excluding carboxylic acids is 1. The van der Waals surface area contributed by atoms with Crippen LogP contribution >= 0.6 is 0 Å². The SMILES string of the molecule is CC.CC(C)(C)OC(=O)N(CCO)C1CCc2c(O)cccc2C1. The fraction of sp³-hybridized carbons (Fsp3) is 0.632. The van der Waals surface area contributed by atoms with Gasteiger partial charge in [0, 0.05) is 12.6 Å². The van der Waals surface area contributed by atoms with E-state index in [0.717, 1.165) is 24.0 Å². The minimum Gasteiger partial charge on any atom is -0.508 e. The quantitative estimate of drug-likeness (QED) is 0.885. The van der Waals surface area contributed by atoms with E-state index in [4.69, 9.17) is 4.74 Å². The summed E-state index contributed by atoms with van der Waals surface area (Å²) in [7, 11) is 0. The number of phenols is 1. The average Bonchev–Trinajstić information content (AvgIpc) is 2.52. The highest BCUT2D eigenvalue weighted by Gasteiger charge is 2.31. The molecule has 24 heavy (non-hydrogen) atoms. The predicted molar refractivity (Wildman–Crippen MR) is 95.3 cm³/mol. The predicted octanol–water partition coefficient (Wildman–Crippen LogP) is 3.51. The standard InChI is InChI=1S/C17H25NO4.C2H6/c1-17(2,3)22-16(21)18(9-10-19)13-7-8-14-12(11-13)5-4-6-15(14)20;1-2/h4-6,13,19-20H,7-11H2,1-3H3;1-2H3. The molecule has 136 valence electrons. The Morgan fingerprint density at radius 2 is 2.00 bits per heavy atom. The summed E-state index contributed by atoms with van der Waals surface area (Å²) in [6.07, 6.45) is 1.75. The molecule has 0 saturated heterocycles. The highest BCUT2D eigenvalue weighted by molar-refractivity contribution is 5.68. The highest BCUT2D eigenvalue weighted by Crippen LogP contribution is 2.31. The minimum atomic E-state index is -0.560. The van der Waals surface area contributed by atoms with Gasteiger partial charge in [0.25, 0.3) is 0 Å². The number of phenolic OH excluding ortho intramolecular Hbond substituents is 1. The molecule has 0 bridgehead atoms. The smallest absolute Gasteiger partial charge is 0.410 e. The number of benzene rings is 1. The van der Waals surface area contributed by atoms with Crippen LogP contribution in [0.2, 0.25) is 0 Å². The lowest BCUT2D eigenvalue weighted by molar-refractivity contribution is 0.0108. The Balaban J connectivity index is 0.00000139. The molecule has 0 heterocycles. The third-order valence-corrected chi connectivity index (χ3v) is 3.84. The van der Waals surface area contributed by atoms with Gasteiger partial charge in [0.2, 0.25) is 0 Å². The average molecular weight is 337 g/mol. The van der Waals surface area contributed by atoms with Crippen molar-refractivity contribution in [1.29, 1.82) is 0 Å². The molecule has 0 radical (unpaired) electrons. The molecule has 1 atom stereocenters. The number of hydrogen-bond acceptors (Lipinski definition) is 4.